The molecule has 0 spiro atoms. The molecule has 0 fully saturated rings. The Hall–Kier alpha value is -3.99. The summed E-state index contributed by atoms with van der Waals surface area (Å²) in [4.78, 5) is 50.0. The molecule has 1 aromatic carbocycles. The van der Waals surface area contributed by atoms with Crippen LogP contribution in [0.25, 0.3) is 12.2 Å². The zero-order chi connectivity index (χ0) is 21.7. The number of ether oxygens (including phenoxy) is 2. The fourth-order valence-corrected chi connectivity index (χ4v) is 3.10. The van der Waals surface area contributed by atoms with Crippen molar-refractivity contribution >= 4 is 35.1 Å². The highest BCUT2D eigenvalue weighted by Crippen LogP contribution is 2.30. The third-order valence-electron chi connectivity index (χ3n) is 3.76. The summed E-state index contributed by atoms with van der Waals surface area (Å²) in [6.45, 7) is 2.07. The Kier molecular flexibility index (Phi) is 6.23. The first-order chi connectivity index (χ1) is 14.4. The van der Waals surface area contributed by atoms with E-state index in [1.807, 2.05) is 4.98 Å². The van der Waals surface area contributed by atoms with Gasteiger partial charge in [-0.15, -0.1) is 11.3 Å². The van der Waals surface area contributed by atoms with Crippen LogP contribution in [0.5, 0.6) is 11.5 Å². The summed E-state index contributed by atoms with van der Waals surface area (Å²) < 4.78 is 10.9. The summed E-state index contributed by atoms with van der Waals surface area (Å²) in [6, 6.07) is 8.04. The summed E-state index contributed by atoms with van der Waals surface area (Å²) in [7, 11) is 0. The van der Waals surface area contributed by atoms with E-state index in [-0.39, 0.29) is 11.4 Å². The number of nitrogens with one attached hydrogen (secondary N) is 2. The minimum absolute atomic E-state index is 0.211. The van der Waals surface area contributed by atoms with Crippen molar-refractivity contribution < 1.29 is 19.2 Å². The maximum absolute atomic E-state index is 12.2. The Labute approximate surface area is 172 Å². The SMILES string of the molecule is CCOc1cc(C=Cc2[nH]c(=O)[nH]c(=O)c2[N+](=O)[O-])ccc1OC(=O)c1cccs1. The smallest absolute Gasteiger partial charge is 0.357 e. The number of benzene rings is 1. The molecule has 0 unspecified atom stereocenters. The first-order valence-corrected chi connectivity index (χ1v) is 9.48. The third-order valence-corrected chi connectivity index (χ3v) is 4.61. The van der Waals surface area contributed by atoms with Gasteiger partial charge in [0.25, 0.3) is 0 Å². The minimum atomic E-state index is -1.10. The largest absolute Gasteiger partial charge is 0.490 e. The van der Waals surface area contributed by atoms with Gasteiger partial charge in [0, 0.05) is 0 Å². The number of aromatic amines is 2. The van der Waals surface area contributed by atoms with E-state index in [1.165, 1.54) is 29.6 Å². The van der Waals surface area contributed by atoms with E-state index >= 15 is 0 Å². The molecule has 0 saturated carbocycles. The molecule has 154 valence electrons. The van der Waals surface area contributed by atoms with Crippen LogP contribution in [-0.2, 0) is 0 Å². The van der Waals surface area contributed by atoms with Crippen molar-refractivity contribution in [1.29, 1.82) is 0 Å². The molecule has 0 atom stereocenters. The van der Waals surface area contributed by atoms with Crippen LogP contribution in [0.4, 0.5) is 5.69 Å². The molecular weight excluding hydrogens is 414 g/mol. The number of aromatic nitrogens is 2. The van der Waals surface area contributed by atoms with Gasteiger partial charge in [-0.3, -0.25) is 19.9 Å². The van der Waals surface area contributed by atoms with Gasteiger partial charge >= 0.3 is 22.9 Å². The molecule has 2 N–H and O–H groups in total. The molecule has 0 bridgehead atoms. The number of hydrogen-bond donors (Lipinski definition) is 2. The number of thiophene rings is 1. The molecule has 0 aliphatic rings. The van der Waals surface area contributed by atoms with Gasteiger partial charge < -0.3 is 14.5 Å². The van der Waals surface area contributed by atoms with Crippen molar-refractivity contribution in [1.82, 2.24) is 9.97 Å². The summed E-state index contributed by atoms with van der Waals surface area (Å²) in [6.07, 6.45) is 2.68. The molecule has 0 amide bonds. The normalized spacial score (nSPS) is 10.8. The quantitative estimate of drug-likeness (QED) is 0.254. The molecule has 0 aliphatic carbocycles. The topological polar surface area (TPSA) is 144 Å². The van der Waals surface area contributed by atoms with Gasteiger partial charge in [-0.1, -0.05) is 18.2 Å². The highest BCUT2D eigenvalue weighted by atomic mass is 32.1. The minimum Gasteiger partial charge on any atom is -0.490 e. The fourth-order valence-electron chi connectivity index (χ4n) is 2.50. The first kappa shape index (κ1) is 20.7. The number of H-pyrrole nitrogens is 2. The number of nitrogens with zero attached hydrogens (tertiary/aromatic N) is 1. The Morgan fingerprint density at radius 3 is 2.67 bits per heavy atom. The molecular formula is C19H15N3O7S. The summed E-state index contributed by atoms with van der Waals surface area (Å²) >= 11 is 1.25. The standard InChI is InChI=1S/C19H15N3O7S/c1-2-28-14-10-11(6-8-13(14)29-18(24)15-4-3-9-30-15)5-7-12-16(22(26)27)17(23)21-19(25)20-12/h3-10H,2H2,1H3,(H2,20,21,23,25). The second-order valence-electron chi connectivity index (χ2n) is 5.77. The lowest BCUT2D eigenvalue weighted by atomic mass is 10.1. The van der Waals surface area contributed by atoms with Crippen LogP contribution >= 0.6 is 11.3 Å². The molecule has 2 aromatic heterocycles. The van der Waals surface area contributed by atoms with Crippen molar-refractivity contribution in [3.8, 4) is 11.5 Å². The first-order valence-electron chi connectivity index (χ1n) is 8.60. The fraction of sp³-hybridized carbons (Fsp3) is 0.105. The van der Waals surface area contributed by atoms with Gasteiger partial charge in [0.1, 0.15) is 10.6 Å². The highest BCUT2D eigenvalue weighted by Gasteiger charge is 2.19. The molecule has 0 radical (unpaired) electrons. The number of nitro groups is 1. The van der Waals surface area contributed by atoms with Gasteiger partial charge in [0.05, 0.1) is 11.5 Å². The molecule has 3 rings (SSSR count). The van der Waals surface area contributed by atoms with Crippen molar-refractivity contribution in [2.75, 3.05) is 6.61 Å². The van der Waals surface area contributed by atoms with E-state index in [0.717, 1.165) is 0 Å². The van der Waals surface area contributed by atoms with E-state index in [1.54, 1.807) is 36.6 Å². The summed E-state index contributed by atoms with van der Waals surface area (Å²) in [5.74, 6) is -0.0210. The Bertz CT molecular complexity index is 1230. The van der Waals surface area contributed by atoms with E-state index in [9.17, 15) is 24.5 Å². The second-order valence-corrected chi connectivity index (χ2v) is 6.71. The number of esters is 1. The highest BCUT2D eigenvalue weighted by molar-refractivity contribution is 7.12. The van der Waals surface area contributed by atoms with Crippen molar-refractivity contribution in [2.45, 2.75) is 6.92 Å². The average molecular weight is 429 g/mol. The Morgan fingerprint density at radius 2 is 2.00 bits per heavy atom. The van der Waals surface area contributed by atoms with Crippen LogP contribution in [0, 0.1) is 10.1 Å². The van der Waals surface area contributed by atoms with Crippen molar-refractivity contribution in [3.63, 3.8) is 0 Å². The Balaban J connectivity index is 1.92. The molecule has 11 heteroatoms. The van der Waals surface area contributed by atoms with Crippen molar-refractivity contribution in [2.24, 2.45) is 0 Å². The molecule has 0 saturated heterocycles. The molecule has 3 aromatic rings. The molecule has 0 aliphatic heterocycles. The zero-order valence-electron chi connectivity index (χ0n) is 15.5. The van der Waals surface area contributed by atoms with Gasteiger partial charge in [0.15, 0.2) is 11.5 Å². The van der Waals surface area contributed by atoms with Crippen LogP contribution in [0.1, 0.15) is 27.9 Å². The lowest BCUT2D eigenvalue weighted by Crippen LogP contribution is -2.25. The van der Waals surface area contributed by atoms with Crippen molar-refractivity contribution in [3.05, 3.63) is 82.8 Å². The average Bonchev–Trinajstić information content (AvgIpc) is 3.22. The van der Waals surface area contributed by atoms with Crippen LogP contribution in [0.2, 0.25) is 0 Å². The molecule has 10 nitrogen and oxygen atoms in total. The number of hydrogen-bond acceptors (Lipinski definition) is 8. The predicted octanol–water partition coefficient (Wildman–Crippen LogP) is 2.82. The maximum atomic E-state index is 12.2. The van der Waals surface area contributed by atoms with Crippen LogP contribution in [0.3, 0.4) is 0 Å². The van der Waals surface area contributed by atoms with E-state index in [0.29, 0.717) is 22.8 Å². The monoisotopic (exact) mass is 429 g/mol. The zero-order valence-corrected chi connectivity index (χ0v) is 16.4. The summed E-state index contributed by atoms with van der Waals surface area (Å²) in [5.41, 5.74) is -2.47. The predicted molar refractivity (Wildman–Crippen MR) is 110 cm³/mol. The van der Waals surface area contributed by atoms with E-state index in [2.05, 4.69) is 4.98 Å². The second kappa shape index (κ2) is 9.01. The lowest BCUT2D eigenvalue weighted by molar-refractivity contribution is -0.386. The van der Waals surface area contributed by atoms with Crippen LogP contribution in [0.15, 0.2) is 45.3 Å². The molecule has 30 heavy (non-hydrogen) atoms. The van der Waals surface area contributed by atoms with Crippen LogP contribution < -0.4 is 20.7 Å². The Morgan fingerprint density at radius 1 is 1.20 bits per heavy atom. The lowest BCUT2D eigenvalue weighted by Gasteiger charge is -2.11. The van der Waals surface area contributed by atoms with E-state index in [4.69, 9.17) is 9.47 Å². The summed E-state index contributed by atoms with van der Waals surface area (Å²) in [5, 5.41) is 12.9. The third kappa shape index (κ3) is 4.70. The van der Waals surface area contributed by atoms with Gasteiger partial charge in [-0.2, -0.15) is 0 Å². The van der Waals surface area contributed by atoms with Gasteiger partial charge in [0.2, 0.25) is 0 Å². The maximum Gasteiger partial charge on any atom is 0.357 e. The number of carbonyl (C=O) groups excluding carboxylic acids is 1. The van der Waals surface area contributed by atoms with Gasteiger partial charge in [-0.05, 0) is 42.1 Å². The number of rotatable bonds is 7. The van der Waals surface area contributed by atoms with E-state index < -0.39 is 27.8 Å². The van der Waals surface area contributed by atoms with Gasteiger partial charge in [-0.25, -0.2) is 9.59 Å². The van der Waals surface area contributed by atoms with Crippen LogP contribution in [-0.4, -0.2) is 27.5 Å². The molecule has 2 heterocycles. The number of carbonyl (C=O) groups is 1.